The molecule has 0 rings (SSSR count). The fourth-order valence-electron chi connectivity index (χ4n) is 0.562. The molecule has 0 bridgehead atoms. The van der Waals surface area contributed by atoms with E-state index in [1.807, 2.05) is 31.3 Å². The molecule has 0 aliphatic rings. The van der Waals surface area contributed by atoms with Gasteiger partial charge in [-0.2, -0.15) is 0 Å². The molecule has 0 radical (unpaired) electrons. The highest BCUT2D eigenvalue weighted by molar-refractivity contribution is 7.80. The molecule has 0 atom stereocenters. The van der Waals surface area contributed by atoms with Crippen LogP contribution in [0, 0.1) is 0 Å². The van der Waals surface area contributed by atoms with E-state index in [9.17, 15) is 0 Å². The molecule has 0 aromatic heterocycles. The van der Waals surface area contributed by atoms with Crippen molar-refractivity contribution in [2.45, 2.75) is 19.8 Å². The molecule has 0 spiro atoms. The molecule has 0 aromatic rings. The third-order valence-corrected chi connectivity index (χ3v) is 1.40. The number of hydrogen-bond acceptors (Lipinski definition) is 2. The highest BCUT2D eigenvalue weighted by Crippen LogP contribution is 1.93. The van der Waals surface area contributed by atoms with Crippen LogP contribution in [0.4, 0.5) is 0 Å². The van der Waals surface area contributed by atoms with Gasteiger partial charge in [0.05, 0.1) is 0 Å². The van der Waals surface area contributed by atoms with Crippen LogP contribution in [-0.4, -0.2) is 23.9 Å². The minimum atomic E-state index is 1.03. The number of hydrogen-bond donors (Lipinski definition) is 0. The van der Waals surface area contributed by atoms with Crippen molar-refractivity contribution in [1.29, 1.82) is 0 Å². The Balaban J connectivity index is 3.56. The Morgan fingerprint density at radius 2 is 2.10 bits per heavy atom. The Hall–Kier alpha value is -0.370. The molecule has 0 saturated carbocycles. The monoisotopic (exact) mass is 157 g/mol. The van der Waals surface area contributed by atoms with Gasteiger partial charge in [0.1, 0.15) is 0 Å². The second-order valence-corrected chi connectivity index (χ2v) is 3.02. The van der Waals surface area contributed by atoms with E-state index in [0.717, 1.165) is 17.7 Å². The minimum Gasteiger partial charge on any atom is -0.383 e. The summed E-state index contributed by atoms with van der Waals surface area (Å²) in [5.41, 5.74) is 0. The van der Waals surface area contributed by atoms with Crippen LogP contribution in [0.5, 0.6) is 0 Å². The molecule has 58 valence electrons. The van der Waals surface area contributed by atoms with Crippen LogP contribution in [-0.2, 0) is 0 Å². The summed E-state index contributed by atoms with van der Waals surface area (Å²) in [5.74, 6) is 0. The van der Waals surface area contributed by atoms with Crippen molar-refractivity contribution < 1.29 is 0 Å². The van der Waals surface area contributed by atoms with Crippen LogP contribution in [0.25, 0.3) is 0 Å². The number of thiocarbonyl (C=S) groups is 1. The van der Waals surface area contributed by atoms with Crippen molar-refractivity contribution >= 4 is 17.1 Å². The lowest BCUT2D eigenvalue weighted by Gasteiger charge is -2.02. The fraction of sp³-hybridized carbons (Fsp3) is 0.625. The van der Waals surface area contributed by atoms with Gasteiger partial charge in [0.25, 0.3) is 0 Å². The van der Waals surface area contributed by atoms with E-state index in [-0.39, 0.29) is 0 Å². The second-order valence-electron chi connectivity index (χ2n) is 2.50. The van der Waals surface area contributed by atoms with Gasteiger partial charge in [0, 0.05) is 19.0 Å². The van der Waals surface area contributed by atoms with E-state index in [1.165, 1.54) is 0 Å². The predicted octanol–water partition coefficient (Wildman–Crippen LogP) is 2.23. The first kappa shape index (κ1) is 9.63. The number of allylic oxidation sites excluding steroid dienone is 1. The summed E-state index contributed by atoms with van der Waals surface area (Å²) in [7, 11) is 3.98. The largest absolute Gasteiger partial charge is 0.383 e. The molecule has 0 amide bonds. The first-order chi connectivity index (χ1) is 4.66. The van der Waals surface area contributed by atoms with Crippen molar-refractivity contribution in [3.8, 4) is 0 Å². The maximum Gasteiger partial charge on any atom is 0.0166 e. The van der Waals surface area contributed by atoms with E-state index < -0.39 is 0 Å². The SMILES string of the molecule is CCCC(=S)/C=C/N(C)C. The molecule has 0 unspecified atom stereocenters. The molecule has 10 heavy (non-hydrogen) atoms. The highest BCUT2D eigenvalue weighted by Gasteiger charge is 1.86. The zero-order valence-electron chi connectivity index (χ0n) is 6.92. The summed E-state index contributed by atoms with van der Waals surface area (Å²) in [6, 6.07) is 0. The molecule has 0 aliphatic carbocycles. The average Bonchev–Trinajstić information content (AvgIpc) is 1.85. The Labute approximate surface area is 68.7 Å². The van der Waals surface area contributed by atoms with E-state index in [1.54, 1.807) is 0 Å². The molecule has 0 aliphatic heterocycles. The molecule has 2 heteroatoms. The molecular weight excluding hydrogens is 142 g/mol. The maximum atomic E-state index is 5.06. The van der Waals surface area contributed by atoms with Gasteiger partial charge in [-0.1, -0.05) is 25.6 Å². The molecule has 0 aromatic carbocycles. The quantitative estimate of drug-likeness (QED) is 0.455. The topological polar surface area (TPSA) is 3.24 Å². The van der Waals surface area contributed by atoms with E-state index >= 15 is 0 Å². The van der Waals surface area contributed by atoms with E-state index in [2.05, 4.69) is 6.92 Å². The van der Waals surface area contributed by atoms with Crippen LogP contribution in [0.2, 0.25) is 0 Å². The Morgan fingerprint density at radius 3 is 2.50 bits per heavy atom. The zero-order chi connectivity index (χ0) is 7.98. The molecule has 0 saturated heterocycles. The summed E-state index contributed by atoms with van der Waals surface area (Å²) >= 11 is 5.06. The Bertz CT molecular complexity index is 127. The second kappa shape index (κ2) is 5.42. The van der Waals surface area contributed by atoms with Crippen molar-refractivity contribution in [2.24, 2.45) is 0 Å². The van der Waals surface area contributed by atoms with Gasteiger partial charge in [-0.3, -0.25) is 0 Å². The molecular formula is C8H15NS. The van der Waals surface area contributed by atoms with E-state index in [4.69, 9.17) is 12.2 Å². The van der Waals surface area contributed by atoms with Crippen LogP contribution in [0.1, 0.15) is 19.8 Å². The summed E-state index contributed by atoms with van der Waals surface area (Å²) in [5, 5.41) is 0. The van der Waals surface area contributed by atoms with Gasteiger partial charge >= 0.3 is 0 Å². The summed E-state index contributed by atoms with van der Waals surface area (Å²) in [6.07, 6.45) is 6.13. The van der Waals surface area contributed by atoms with Gasteiger partial charge in [-0.25, -0.2) is 0 Å². The summed E-state index contributed by atoms with van der Waals surface area (Å²) in [4.78, 5) is 3.03. The smallest absolute Gasteiger partial charge is 0.0166 e. The van der Waals surface area contributed by atoms with Crippen LogP contribution in [0.3, 0.4) is 0 Å². The van der Waals surface area contributed by atoms with Crippen LogP contribution >= 0.6 is 12.2 Å². The zero-order valence-corrected chi connectivity index (χ0v) is 7.74. The highest BCUT2D eigenvalue weighted by atomic mass is 32.1. The summed E-state index contributed by atoms with van der Waals surface area (Å²) in [6.45, 7) is 2.13. The van der Waals surface area contributed by atoms with Crippen molar-refractivity contribution in [1.82, 2.24) is 4.90 Å². The van der Waals surface area contributed by atoms with E-state index in [0.29, 0.717) is 0 Å². The minimum absolute atomic E-state index is 1.03. The van der Waals surface area contributed by atoms with Crippen LogP contribution < -0.4 is 0 Å². The van der Waals surface area contributed by atoms with Crippen molar-refractivity contribution in [3.05, 3.63) is 12.3 Å². The lowest BCUT2D eigenvalue weighted by molar-refractivity contribution is 0.564. The maximum absolute atomic E-state index is 5.06. The van der Waals surface area contributed by atoms with Crippen molar-refractivity contribution in [3.63, 3.8) is 0 Å². The number of rotatable bonds is 4. The number of nitrogens with zero attached hydrogens (tertiary/aromatic N) is 1. The first-order valence-corrected chi connectivity index (χ1v) is 3.95. The molecule has 0 fully saturated rings. The standard InChI is InChI=1S/C8H15NS/c1-4-5-8(10)6-7-9(2)3/h6-7H,4-5H2,1-3H3/b7-6+. The molecule has 0 N–H and O–H groups in total. The first-order valence-electron chi connectivity index (χ1n) is 3.54. The van der Waals surface area contributed by atoms with Gasteiger partial charge in [0.15, 0.2) is 0 Å². The third-order valence-electron chi connectivity index (χ3n) is 1.05. The lowest BCUT2D eigenvalue weighted by Crippen LogP contribution is -2.01. The van der Waals surface area contributed by atoms with Gasteiger partial charge in [-0.05, 0) is 18.7 Å². The average molecular weight is 157 g/mol. The normalized spacial score (nSPS) is 10.3. The molecule has 1 nitrogen and oxygen atoms in total. The lowest BCUT2D eigenvalue weighted by atomic mass is 10.2. The third kappa shape index (κ3) is 5.76. The van der Waals surface area contributed by atoms with Gasteiger partial charge in [-0.15, -0.1) is 0 Å². The van der Waals surface area contributed by atoms with Gasteiger partial charge in [0.2, 0.25) is 0 Å². The van der Waals surface area contributed by atoms with Crippen molar-refractivity contribution in [2.75, 3.05) is 14.1 Å². The van der Waals surface area contributed by atoms with Gasteiger partial charge < -0.3 is 4.90 Å². The Kier molecular flexibility index (Phi) is 5.22. The molecule has 0 heterocycles. The van der Waals surface area contributed by atoms with Crippen LogP contribution in [0.15, 0.2) is 12.3 Å². The fourth-order valence-corrected chi connectivity index (χ4v) is 0.827. The summed E-state index contributed by atoms with van der Waals surface area (Å²) < 4.78 is 0. The predicted molar refractivity (Wildman–Crippen MR) is 50.3 cm³/mol. The Morgan fingerprint density at radius 1 is 1.50 bits per heavy atom.